The number of benzene rings is 1. The summed E-state index contributed by atoms with van der Waals surface area (Å²) < 4.78 is 1.72. The summed E-state index contributed by atoms with van der Waals surface area (Å²) in [6.07, 6.45) is 4.40. The van der Waals surface area contributed by atoms with Crippen molar-refractivity contribution in [3.63, 3.8) is 0 Å². The van der Waals surface area contributed by atoms with Gasteiger partial charge in [0.2, 0.25) is 0 Å². The average Bonchev–Trinajstić information content (AvgIpc) is 2.90. The van der Waals surface area contributed by atoms with Crippen molar-refractivity contribution in [1.29, 1.82) is 0 Å². The zero-order valence-electron chi connectivity index (χ0n) is 10.7. The molecule has 2 heterocycles. The summed E-state index contributed by atoms with van der Waals surface area (Å²) >= 11 is 0. The number of aromatic nitrogens is 2. The summed E-state index contributed by atoms with van der Waals surface area (Å²) in [6.45, 7) is 2.08. The van der Waals surface area contributed by atoms with Crippen LogP contribution < -0.4 is 0 Å². The van der Waals surface area contributed by atoms with Gasteiger partial charge in [0.25, 0.3) is 0 Å². The molecular formula is C16H14N2O. The highest BCUT2D eigenvalue weighted by atomic mass is 16.1. The first-order chi connectivity index (χ1) is 9.29. The van der Waals surface area contributed by atoms with E-state index in [2.05, 4.69) is 12.0 Å². The number of carbonyl (C=O) groups excluding carboxylic acids is 1. The van der Waals surface area contributed by atoms with E-state index in [4.69, 9.17) is 0 Å². The Morgan fingerprint density at radius 3 is 2.95 bits per heavy atom. The van der Waals surface area contributed by atoms with Crippen molar-refractivity contribution in [1.82, 2.24) is 9.61 Å². The molecule has 94 valence electrons. The number of pyridine rings is 1. The molecule has 0 spiro atoms. The Labute approximate surface area is 111 Å². The van der Waals surface area contributed by atoms with Gasteiger partial charge in [0.1, 0.15) is 0 Å². The van der Waals surface area contributed by atoms with E-state index < -0.39 is 0 Å². The molecule has 0 amide bonds. The average molecular weight is 250 g/mol. The number of aryl methyl sites for hydroxylation is 1. The molecule has 3 nitrogen and oxygen atoms in total. The molecule has 0 aliphatic rings. The second-order valence-corrected chi connectivity index (χ2v) is 4.47. The SMILES string of the molecule is CCc1cccc(C(=O)c2cnn3ccccc23)c1. The minimum atomic E-state index is 0.0245. The zero-order chi connectivity index (χ0) is 13.2. The fourth-order valence-corrected chi connectivity index (χ4v) is 2.20. The van der Waals surface area contributed by atoms with Gasteiger partial charge in [0.05, 0.1) is 17.3 Å². The Balaban J connectivity index is 2.08. The summed E-state index contributed by atoms with van der Waals surface area (Å²) in [7, 11) is 0. The van der Waals surface area contributed by atoms with Gasteiger partial charge < -0.3 is 0 Å². The van der Waals surface area contributed by atoms with Crippen LogP contribution >= 0.6 is 0 Å². The van der Waals surface area contributed by atoms with E-state index >= 15 is 0 Å². The lowest BCUT2D eigenvalue weighted by molar-refractivity contribution is 0.104. The molecule has 0 bridgehead atoms. The first kappa shape index (κ1) is 11.7. The highest BCUT2D eigenvalue weighted by Gasteiger charge is 2.14. The smallest absolute Gasteiger partial charge is 0.196 e. The van der Waals surface area contributed by atoms with Crippen molar-refractivity contribution in [2.24, 2.45) is 0 Å². The third kappa shape index (κ3) is 2.03. The standard InChI is InChI=1S/C16H14N2O/c1-2-12-6-5-7-13(10-12)16(19)14-11-17-18-9-4-3-8-15(14)18/h3-11H,2H2,1H3. The van der Waals surface area contributed by atoms with Gasteiger partial charge in [0.15, 0.2) is 5.78 Å². The van der Waals surface area contributed by atoms with Crippen LogP contribution in [0.4, 0.5) is 0 Å². The normalized spacial score (nSPS) is 10.8. The van der Waals surface area contributed by atoms with E-state index in [1.807, 2.05) is 48.7 Å². The second-order valence-electron chi connectivity index (χ2n) is 4.47. The predicted molar refractivity (Wildman–Crippen MR) is 74.4 cm³/mol. The third-order valence-electron chi connectivity index (χ3n) is 3.27. The Morgan fingerprint density at radius 2 is 2.11 bits per heavy atom. The summed E-state index contributed by atoms with van der Waals surface area (Å²) in [4.78, 5) is 12.5. The molecule has 0 aliphatic carbocycles. The Morgan fingerprint density at radius 1 is 1.21 bits per heavy atom. The van der Waals surface area contributed by atoms with Crippen LogP contribution in [-0.4, -0.2) is 15.4 Å². The molecule has 0 fully saturated rings. The van der Waals surface area contributed by atoms with E-state index in [0.717, 1.165) is 17.5 Å². The summed E-state index contributed by atoms with van der Waals surface area (Å²) in [5.41, 5.74) is 3.38. The van der Waals surface area contributed by atoms with E-state index in [0.29, 0.717) is 5.56 Å². The number of ketones is 1. The molecule has 0 aliphatic heterocycles. The van der Waals surface area contributed by atoms with Crippen LogP contribution in [0.1, 0.15) is 28.4 Å². The van der Waals surface area contributed by atoms with Gasteiger partial charge in [-0.2, -0.15) is 5.10 Å². The van der Waals surface area contributed by atoms with Crippen LogP contribution in [0.3, 0.4) is 0 Å². The molecule has 0 atom stereocenters. The minimum absolute atomic E-state index is 0.0245. The summed E-state index contributed by atoms with van der Waals surface area (Å²) in [5.74, 6) is 0.0245. The molecule has 1 aromatic carbocycles. The molecule has 0 N–H and O–H groups in total. The lowest BCUT2D eigenvalue weighted by atomic mass is 10.0. The second kappa shape index (κ2) is 4.69. The van der Waals surface area contributed by atoms with Gasteiger partial charge in [-0.05, 0) is 30.2 Å². The van der Waals surface area contributed by atoms with Crippen molar-refractivity contribution >= 4 is 11.3 Å². The van der Waals surface area contributed by atoms with Crippen LogP contribution in [0.5, 0.6) is 0 Å². The maximum absolute atomic E-state index is 12.5. The number of carbonyl (C=O) groups is 1. The van der Waals surface area contributed by atoms with Crippen molar-refractivity contribution in [3.8, 4) is 0 Å². The van der Waals surface area contributed by atoms with Crippen LogP contribution in [0, 0.1) is 0 Å². The molecule has 0 radical (unpaired) electrons. The van der Waals surface area contributed by atoms with Crippen molar-refractivity contribution in [2.45, 2.75) is 13.3 Å². The molecule has 3 heteroatoms. The number of nitrogens with zero attached hydrogens (tertiary/aromatic N) is 2. The largest absolute Gasteiger partial charge is 0.288 e. The van der Waals surface area contributed by atoms with Crippen molar-refractivity contribution < 1.29 is 4.79 Å². The molecule has 3 rings (SSSR count). The van der Waals surface area contributed by atoms with Gasteiger partial charge in [-0.1, -0.05) is 31.2 Å². The van der Waals surface area contributed by atoms with Gasteiger partial charge >= 0.3 is 0 Å². The number of rotatable bonds is 3. The highest BCUT2D eigenvalue weighted by molar-refractivity contribution is 6.13. The molecule has 2 aromatic heterocycles. The Kier molecular flexibility index (Phi) is 2.88. The van der Waals surface area contributed by atoms with E-state index in [9.17, 15) is 4.79 Å². The third-order valence-corrected chi connectivity index (χ3v) is 3.27. The fourth-order valence-electron chi connectivity index (χ4n) is 2.20. The topological polar surface area (TPSA) is 34.4 Å². The molecule has 3 aromatic rings. The van der Waals surface area contributed by atoms with Crippen LogP contribution in [0.2, 0.25) is 0 Å². The minimum Gasteiger partial charge on any atom is -0.288 e. The molecule has 0 saturated heterocycles. The number of hydrogen-bond acceptors (Lipinski definition) is 2. The maximum atomic E-state index is 12.5. The van der Waals surface area contributed by atoms with Gasteiger partial charge in [-0.25, -0.2) is 4.52 Å². The van der Waals surface area contributed by atoms with Crippen molar-refractivity contribution in [3.05, 3.63) is 71.5 Å². The molecule has 0 saturated carbocycles. The fraction of sp³-hybridized carbons (Fsp3) is 0.125. The summed E-state index contributed by atoms with van der Waals surface area (Å²) in [6, 6.07) is 13.5. The van der Waals surface area contributed by atoms with Crippen LogP contribution in [0.15, 0.2) is 54.9 Å². The zero-order valence-corrected chi connectivity index (χ0v) is 10.7. The number of hydrogen-bond donors (Lipinski definition) is 0. The monoisotopic (exact) mass is 250 g/mol. The first-order valence-corrected chi connectivity index (χ1v) is 6.35. The van der Waals surface area contributed by atoms with Crippen LogP contribution in [-0.2, 0) is 6.42 Å². The van der Waals surface area contributed by atoms with Gasteiger partial charge in [-0.15, -0.1) is 0 Å². The Bertz CT molecular complexity index is 743. The molecule has 19 heavy (non-hydrogen) atoms. The predicted octanol–water partition coefficient (Wildman–Crippen LogP) is 3.13. The van der Waals surface area contributed by atoms with Crippen LogP contribution in [0.25, 0.3) is 5.52 Å². The molecule has 0 unspecified atom stereocenters. The lowest BCUT2D eigenvalue weighted by Crippen LogP contribution is -2.01. The number of fused-ring (bicyclic) bond motifs is 1. The van der Waals surface area contributed by atoms with E-state index in [1.165, 1.54) is 5.56 Å². The molecular weight excluding hydrogens is 236 g/mol. The first-order valence-electron chi connectivity index (χ1n) is 6.35. The van der Waals surface area contributed by atoms with E-state index in [-0.39, 0.29) is 5.78 Å². The lowest BCUT2D eigenvalue weighted by Gasteiger charge is -2.02. The highest BCUT2D eigenvalue weighted by Crippen LogP contribution is 2.16. The quantitative estimate of drug-likeness (QED) is 0.669. The van der Waals surface area contributed by atoms with E-state index in [1.54, 1.807) is 10.7 Å². The van der Waals surface area contributed by atoms with Gasteiger partial charge in [0, 0.05) is 11.8 Å². The van der Waals surface area contributed by atoms with Gasteiger partial charge in [-0.3, -0.25) is 4.79 Å². The Hall–Kier alpha value is -2.42. The summed E-state index contributed by atoms with van der Waals surface area (Å²) in [5, 5.41) is 4.20. The maximum Gasteiger partial charge on any atom is 0.196 e. The van der Waals surface area contributed by atoms with Crippen molar-refractivity contribution in [2.75, 3.05) is 0 Å².